The summed E-state index contributed by atoms with van der Waals surface area (Å²) in [5.74, 6) is 0.702. The molecule has 0 amide bonds. The van der Waals surface area contributed by atoms with Crippen molar-refractivity contribution in [2.75, 3.05) is 0 Å². The van der Waals surface area contributed by atoms with Crippen molar-refractivity contribution in [1.29, 1.82) is 0 Å². The number of aryl methyl sites for hydroxylation is 1. The third-order valence-corrected chi connectivity index (χ3v) is 10.1. The van der Waals surface area contributed by atoms with Gasteiger partial charge in [0.2, 0.25) is 0 Å². The number of carbonyl (C=O) groups excluding carboxylic acids is 2. The molecule has 50 heavy (non-hydrogen) atoms. The monoisotopic (exact) mass is 691 g/mol. The van der Waals surface area contributed by atoms with Crippen LogP contribution in [0.15, 0.2) is 48.5 Å². The van der Waals surface area contributed by atoms with Gasteiger partial charge in [-0.25, -0.2) is 0 Å². The Morgan fingerprint density at radius 2 is 0.900 bits per heavy atom. The van der Waals surface area contributed by atoms with Gasteiger partial charge < -0.3 is 9.47 Å². The molecule has 4 heteroatoms. The minimum Gasteiger partial charge on any atom is -0.427 e. The molecular formula is C46H74O4. The van der Waals surface area contributed by atoms with Crippen molar-refractivity contribution < 1.29 is 19.1 Å². The van der Waals surface area contributed by atoms with Gasteiger partial charge in [0.1, 0.15) is 11.5 Å². The van der Waals surface area contributed by atoms with Gasteiger partial charge in [0.05, 0.1) is 12.8 Å². The molecule has 0 N–H and O–H groups in total. The number of hydrogen-bond donors (Lipinski definition) is 0. The van der Waals surface area contributed by atoms with E-state index < -0.39 is 11.9 Å². The number of unbranched alkanes of at least 4 members (excludes halogenated alkanes) is 22. The van der Waals surface area contributed by atoms with E-state index in [-0.39, 0.29) is 12.8 Å². The molecule has 282 valence electrons. The van der Waals surface area contributed by atoms with Crippen LogP contribution in [0.5, 0.6) is 11.5 Å². The van der Waals surface area contributed by atoms with E-state index in [0.717, 1.165) is 19.3 Å². The number of benzene rings is 2. The summed E-state index contributed by atoms with van der Waals surface area (Å²) in [7, 11) is 0. The Hall–Kier alpha value is -2.62. The quantitative estimate of drug-likeness (QED) is 0.0435. The molecule has 1 atom stereocenters. The molecule has 0 aliphatic rings. The van der Waals surface area contributed by atoms with Gasteiger partial charge >= 0.3 is 11.9 Å². The van der Waals surface area contributed by atoms with Crippen LogP contribution in [0.1, 0.15) is 211 Å². The first-order valence-electron chi connectivity index (χ1n) is 21.1. The van der Waals surface area contributed by atoms with Gasteiger partial charge in [0.15, 0.2) is 0 Å². The van der Waals surface area contributed by atoms with Crippen molar-refractivity contribution in [2.24, 2.45) is 0 Å². The van der Waals surface area contributed by atoms with Crippen LogP contribution in [0, 0.1) is 0 Å². The van der Waals surface area contributed by atoms with Gasteiger partial charge in [-0.3, -0.25) is 9.59 Å². The van der Waals surface area contributed by atoms with Crippen LogP contribution in [0.4, 0.5) is 0 Å². The Balaban J connectivity index is 1.55. The van der Waals surface area contributed by atoms with Crippen molar-refractivity contribution in [1.82, 2.24) is 0 Å². The second-order valence-corrected chi connectivity index (χ2v) is 14.9. The molecule has 0 aliphatic heterocycles. The highest BCUT2D eigenvalue weighted by molar-refractivity contribution is 5.80. The maximum absolute atomic E-state index is 12.6. The van der Waals surface area contributed by atoms with E-state index in [1.807, 2.05) is 36.4 Å². The molecule has 2 aromatic rings. The van der Waals surface area contributed by atoms with Crippen molar-refractivity contribution in [3.05, 3.63) is 59.7 Å². The Morgan fingerprint density at radius 3 is 1.38 bits per heavy atom. The zero-order valence-electron chi connectivity index (χ0n) is 32.6. The van der Waals surface area contributed by atoms with Crippen molar-refractivity contribution in [3.63, 3.8) is 0 Å². The first-order chi connectivity index (χ1) is 24.5. The van der Waals surface area contributed by atoms with Crippen LogP contribution in [-0.4, -0.2) is 11.9 Å². The average Bonchev–Trinajstić information content (AvgIpc) is 3.12. The number of carbonyl (C=O) groups is 2. The highest BCUT2D eigenvalue weighted by Crippen LogP contribution is 2.26. The van der Waals surface area contributed by atoms with Gasteiger partial charge in [-0.2, -0.15) is 0 Å². The SMILES string of the molecule is CCCCCCCCCCCCCCCc1cccc(OC(=O)CCC(=O)Oc2cccc(C(C)CCCCCCCCCCCCC)c2)c1. The van der Waals surface area contributed by atoms with Crippen LogP contribution in [0.25, 0.3) is 0 Å². The number of hydrogen-bond acceptors (Lipinski definition) is 4. The molecule has 0 bridgehead atoms. The molecule has 2 rings (SSSR count). The topological polar surface area (TPSA) is 52.6 Å². The summed E-state index contributed by atoms with van der Waals surface area (Å²) in [5.41, 5.74) is 2.39. The standard InChI is InChI=1S/C46H74O4/c1-4-6-8-10-12-14-16-17-19-21-23-25-27-31-41-32-28-34-43(38-41)49-45(47)36-37-46(48)50-44-35-29-33-42(39-44)40(3)30-26-24-22-20-18-15-13-11-9-7-5-2/h28-29,32-35,38-40H,4-27,30-31,36-37H2,1-3H3. The Labute approximate surface area is 307 Å². The maximum atomic E-state index is 12.6. The van der Waals surface area contributed by atoms with E-state index >= 15 is 0 Å². The molecule has 0 saturated carbocycles. The van der Waals surface area contributed by atoms with Crippen LogP contribution in [0.2, 0.25) is 0 Å². The Morgan fingerprint density at radius 1 is 0.500 bits per heavy atom. The number of ether oxygens (including phenoxy) is 2. The molecule has 0 aliphatic carbocycles. The third kappa shape index (κ3) is 23.0. The van der Waals surface area contributed by atoms with Crippen LogP contribution in [-0.2, 0) is 16.0 Å². The molecule has 0 aromatic heterocycles. The van der Waals surface area contributed by atoms with Gasteiger partial charge in [-0.15, -0.1) is 0 Å². The molecule has 0 heterocycles. The van der Waals surface area contributed by atoms with Crippen molar-refractivity contribution in [3.8, 4) is 11.5 Å². The molecule has 4 nitrogen and oxygen atoms in total. The predicted molar refractivity (Wildman–Crippen MR) is 212 cm³/mol. The number of esters is 2. The third-order valence-electron chi connectivity index (χ3n) is 10.1. The minimum atomic E-state index is -0.409. The lowest BCUT2D eigenvalue weighted by Crippen LogP contribution is -2.14. The molecule has 2 aromatic carbocycles. The van der Waals surface area contributed by atoms with Gasteiger partial charge in [0.25, 0.3) is 0 Å². The fraction of sp³-hybridized carbons (Fsp3) is 0.696. The van der Waals surface area contributed by atoms with E-state index in [2.05, 4.69) is 32.9 Å². The smallest absolute Gasteiger partial charge is 0.311 e. The first-order valence-corrected chi connectivity index (χ1v) is 21.1. The predicted octanol–water partition coefficient (Wildman–Crippen LogP) is 14.4. The largest absolute Gasteiger partial charge is 0.427 e. The maximum Gasteiger partial charge on any atom is 0.311 e. The second-order valence-electron chi connectivity index (χ2n) is 14.9. The van der Waals surface area contributed by atoms with E-state index in [1.165, 1.54) is 159 Å². The zero-order valence-corrected chi connectivity index (χ0v) is 32.6. The normalized spacial score (nSPS) is 11.8. The van der Waals surface area contributed by atoms with E-state index in [1.54, 1.807) is 0 Å². The fourth-order valence-corrected chi connectivity index (χ4v) is 6.85. The lowest BCUT2D eigenvalue weighted by molar-refractivity contribution is -0.140. The van der Waals surface area contributed by atoms with Crippen LogP contribution < -0.4 is 9.47 Å². The minimum absolute atomic E-state index is 0.00311. The molecular weight excluding hydrogens is 617 g/mol. The van der Waals surface area contributed by atoms with Crippen molar-refractivity contribution >= 4 is 11.9 Å². The average molecular weight is 691 g/mol. The Bertz CT molecular complexity index is 1120. The summed E-state index contributed by atoms with van der Waals surface area (Å²) < 4.78 is 11.2. The summed E-state index contributed by atoms with van der Waals surface area (Å²) >= 11 is 0. The molecule has 0 fully saturated rings. The number of rotatable bonds is 32. The summed E-state index contributed by atoms with van der Waals surface area (Å²) in [6.45, 7) is 6.80. The summed E-state index contributed by atoms with van der Waals surface area (Å²) in [5, 5.41) is 0. The molecule has 1 unspecified atom stereocenters. The fourth-order valence-electron chi connectivity index (χ4n) is 6.85. The van der Waals surface area contributed by atoms with Crippen LogP contribution in [0.3, 0.4) is 0 Å². The van der Waals surface area contributed by atoms with E-state index in [9.17, 15) is 9.59 Å². The van der Waals surface area contributed by atoms with Gasteiger partial charge in [-0.1, -0.05) is 193 Å². The molecule has 0 radical (unpaired) electrons. The van der Waals surface area contributed by atoms with Gasteiger partial charge in [-0.05, 0) is 60.6 Å². The summed E-state index contributed by atoms with van der Waals surface area (Å²) in [6.07, 6.45) is 34.5. The summed E-state index contributed by atoms with van der Waals surface area (Å²) in [6, 6.07) is 15.7. The van der Waals surface area contributed by atoms with Gasteiger partial charge in [0, 0.05) is 0 Å². The summed E-state index contributed by atoms with van der Waals surface area (Å²) in [4.78, 5) is 25.1. The second kappa shape index (κ2) is 30.0. The molecule has 0 saturated heterocycles. The zero-order chi connectivity index (χ0) is 35.9. The highest BCUT2D eigenvalue weighted by Gasteiger charge is 2.13. The van der Waals surface area contributed by atoms with Crippen molar-refractivity contribution in [2.45, 2.75) is 206 Å². The van der Waals surface area contributed by atoms with E-state index in [0.29, 0.717) is 17.4 Å². The van der Waals surface area contributed by atoms with E-state index in [4.69, 9.17) is 9.47 Å². The lowest BCUT2D eigenvalue weighted by Gasteiger charge is -2.13. The lowest BCUT2D eigenvalue weighted by atomic mass is 9.94. The first kappa shape index (κ1) is 43.5. The Kier molecular flexibility index (Phi) is 26.2. The van der Waals surface area contributed by atoms with Crippen LogP contribution >= 0.6 is 0 Å². The molecule has 0 spiro atoms. The highest BCUT2D eigenvalue weighted by atomic mass is 16.5.